The average Bonchev–Trinajstić information content (AvgIpc) is 3.02. The van der Waals surface area contributed by atoms with Crippen LogP contribution in [0.1, 0.15) is 13.3 Å². The number of carbonyl (C=O) groups is 2. The highest BCUT2D eigenvalue weighted by molar-refractivity contribution is 5.90. The highest BCUT2D eigenvalue weighted by Crippen LogP contribution is 2.31. The normalized spacial score (nSPS) is 23.9. The van der Waals surface area contributed by atoms with Gasteiger partial charge in [0, 0.05) is 19.2 Å². The Morgan fingerprint density at radius 2 is 2.26 bits per heavy atom. The van der Waals surface area contributed by atoms with Crippen molar-refractivity contribution in [1.29, 1.82) is 5.26 Å². The lowest BCUT2D eigenvalue weighted by Gasteiger charge is -2.34. The van der Waals surface area contributed by atoms with Crippen molar-refractivity contribution >= 4 is 23.9 Å². The third kappa shape index (κ3) is 4.03. The second kappa shape index (κ2) is 8.08. The molecule has 2 fully saturated rings. The van der Waals surface area contributed by atoms with Crippen LogP contribution in [0.5, 0.6) is 0 Å². The number of benzene rings is 1. The minimum atomic E-state index is -0.558. The van der Waals surface area contributed by atoms with Gasteiger partial charge in [-0.3, -0.25) is 9.69 Å². The van der Waals surface area contributed by atoms with Gasteiger partial charge >= 0.3 is 6.09 Å². The van der Waals surface area contributed by atoms with Gasteiger partial charge in [-0.25, -0.2) is 9.18 Å². The van der Waals surface area contributed by atoms with E-state index in [-0.39, 0.29) is 19.0 Å². The number of cyclic esters (lactones) is 1. The Morgan fingerprint density at radius 3 is 2.93 bits per heavy atom. The van der Waals surface area contributed by atoms with E-state index >= 15 is 0 Å². The van der Waals surface area contributed by atoms with E-state index in [0.717, 1.165) is 12.0 Å². The maximum absolute atomic E-state index is 14.7. The van der Waals surface area contributed by atoms with Crippen molar-refractivity contribution in [2.45, 2.75) is 19.4 Å². The fourth-order valence-electron chi connectivity index (χ4n) is 3.50. The lowest BCUT2D eigenvalue weighted by molar-refractivity contribution is -0.109. The molecule has 1 N–H and O–H groups in total. The van der Waals surface area contributed by atoms with Crippen LogP contribution in [0.2, 0.25) is 0 Å². The highest BCUT2D eigenvalue weighted by atomic mass is 19.1. The van der Waals surface area contributed by atoms with E-state index in [2.05, 4.69) is 11.4 Å². The SMILES string of the molecule is CC1CN(c2ccc(N3C[C@H](CNC=O)OC3=O)cc2F)CCC1=CC#N. The second-order valence-electron chi connectivity index (χ2n) is 6.72. The number of piperidine rings is 1. The number of hydrogen-bond donors (Lipinski definition) is 1. The van der Waals surface area contributed by atoms with Gasteiger partial charge in [-0.2, -0.15) is 5.26 Å². The zero-order chi connectivity index (χ0) is 19.4. The Balaban J connectivity index is 1.71. The molecule has 2 aliphatic rings. The number of amides is 2. The fraction of sp³-hybridized carbons (Fsp3) is 0.421. The number of nitrogens with zero attached hydrogens (tertiary/aromatic N) is 3. The van der Waals surface area contributed by atoms with Gasteiger partial charge in [0.25, 0.3) is 0 Å². The van der Waals surface area contributed by atoms with Crippen LogP contribution in [0.25, 0.3) is 0 Å². The average molecular weight is 372 g/mol. The lowest BCUT2D eigenvalue weighted by atomic mass is 9.92. The summed E-state index contributed by atoms with van der Waals surface area (Å²) in [5.74, 6) is -0.230. The number of nitrogens with one attached hydrogen (secondary N) is 1. The second-order valence-corrected chi connectivity index (χ2v) is 6.72. The molecule has 142 valence electrons. The predicted octanol–water partition coefficient (Wildman–Crippen LogP) is 2.19. The molecule has 0 saturated carbocycles. The van der Waals surface area contributed by atoms with Crippen molar-refractivity contribution in [3.05, 3.63) is 35.7 Å². The molecule has 3 rings (SSSR count). The predicted molar refractivity (Wildman–Crippen MR) is 97.8 cm³/mol. The van der Waals surface area contributed by atoms with E-state index in [1.807, 2.05) is 11.8 Å². The molecule has 0 aliphatic carbocycles. The summed E-state index contributed by atoms with van der Waals surface area (Å²) in [6.45, 7) is 3.77. The van der Waals surface area contributed by atoms with Gasteiger partial charge in [0.1, 0.15) is 11.9 Å². The summed E-state index contributed by atoms with van der Waals surface area (Å²) in [6, 6.07) is 6.76. The minimum Gasteiger partial charge on any atom is -0.442 e. The third-order valence-corrected chi connectivity index (χ3v) is 4.93. The van der Waals surface area contributed by atoms with Gasteiger partial charge in [-0.1, -0.05) is 12.5 Å². The molecule has 1 aromatic rings. The zero-order valence-electron chi connectivity index (χ0n) is 15.0. The van der Waals surface area contributed by atoms with Gasteiger partial charge in [-0.05, 0) is 30.5 Å². The van der Waals surface area contributed by atoms with Crippen molar-refractivity contribution < 1.29 is 18.7 Å². The van der Waals surface area contributed by atoms with E-state index in [1.54, 1.807) is 18.2 Å². The standard InChI is InChI=1S/C19H21FN4O3/c1-13-10-23(7-5-14(13)4-6-21)18-3-2-15(8-17(18)20)24-11-16(9-22-12-25)27-19(24)26/h2-4,8,12-13,16H,5,7,9-11H2,1H3,(H,22,25)/t13?,16-/m0/s1. The summed E-state index contributed by atoms with van der Waals surface area (Å²) < 4.78 is 19.9. The molecule has 1 aromatic carbocycles. The molecule has 0 radical (unpaired) electrons. The van der Waals surface area contributed by atoms with Crippen molar-refractivity contribution in [3.63, 3.8) is 0 Å². The summed E-state index contributed by atoms with van der Waals surface area (Å²) in [5.41, 5.74) is 1.99. The van der Waals surface area contributed by atoms with E-state index in [4.69, 9.17) is 10.00 Å². The molecule has 7 nitrogen and oxygen atoms in total. The first-order valence-corrected chi connectivity index (χ1v) is 8.81. The number of hydrogen-bond acceptors (Lipinski definition) is 5. The molecular weight excluding hydrogens is 351 g/mol. The monoisotopic (exact) mass is 372 g/mol. The minimum absolute atomic E-state index is 0.178. The van der Waals surface area contributed by atoms with Gasteiger partial charge in [0.15, 0.2) is 0 Å². The molecule has 2 heterocycles. The Hall–Kier alpha value is -3.08. The first-order chi connectivity index (χ1) is 13.0. The third-order valence-electron chi connectivity index (χ3n) is 4.93. The van der Waals surface area contributed by atoms with Gasteiger partial charge < -0.3 is 15.0 Å². The maximum Gasteiger partial charge on any atom is 0.414 e. The topological polar surface area (TPSA) is 85.7 Å². The number of halogens is 1. The van der Waals surface area contributed by atoms with Crippen LogP contribution in [0.3, 0.4) is 0 Å². The van der Waals surface area contributed by atoms with Crippen LogP contribution in [0.15, 0.2) is 29.8 Å². The van der Waals surface area contributed by atoms with Crippen LogP contribution in [0, 0.1) is 23.1 Å². The molecule has 0 spiro atoms. The molecule has 1 unspecified atom stereocenters. The van der Waals surface area contributed by atoms with Crippen molar-refractivity contribution in [2.75, 3.05) is 36.0 Å². The molecule has 2 amide bonds. The summed E-state index contributed by atoms with van der Waals surface area (Å²) >= 11 is 0. The molecule has 0 aromatic heterocycles. The van der Waals surface area contributed by atoms with E-state index in [1.165, 1.54) is 11.0 Å². The molecule has 8 heteroatoms. The molecule has 2 aliphatic heterocycles. The Bertz CT molecular complexity index is 805. The van der Waals surface area contributed by atoms with Gasteiger partial charge in [-0.15, -0.1) is 0 Å². The summed E-state index contributed by atoms with van der Waals surface area (Å²) in [6.07, 6.45) is 1.83. The zero-order valence-corrected chi connectivity index (χ0v) is 15.0. The Morgan fingerprint density at radius 1 is 1.44 bits per heavy atom. The molecule has 2 saturated heterocycles. The quantitative estimate of drug-likeness (QED) is 0.633. The van der Waals surface area contributed by atoms with Gasteiger partial charge in [0.05, 0.1) is 30.5 Å². The van der Waals surface area contributed by atoms with Crippen LogP contribution in [-0.2, 0) is 9.53 Å². The van der Waals surface area contributed by atoms with E-state index in [9.17, 15) is 14.0 Å². The maximum atomic E-state index is 14.7. The van der Waals surface area contributed by atoms with Gasteiger partial charge in [0.2, 0.25) is 6.41 Å². The fourth-order valence-corrected chi connectivity index (χ4v) is 3.50. The van der Waals surface area contributed by atoms with Crippen LogP contribution in [-0.4, -0.2) is 44.8 Å². The highest BCUT2D eigenvalue weighted by Gasteiger charge is 2.33. The Kier molecular flexibility index (Phi) is 5.60. The molecule has 0 bridgehead atoms. The number of allylic oxidation sites excluding steroid dienone is 1. The van der Waals surface area contributed by atoms with Crippen LogP contribution in [0.4, 0.5) is 20.6 Å². The van der Waals surface area contributed by atoms with E-state index < -0.39 is 18.0 Å². The van der Waals surface area contributed by atoms with E-state index in [0.29, 0.717) is 30.9 Å². The van der Waals surface area contributed by atoms with Crippen LogP contribution < -0.4 is 15.1 Å². The van der Waals surface area contributed by atoms with Crippen molar-refractivity contribution in [2.24, 2.45) is 5.92 Å². The number of ether oxygens (including phenoxy) is 1. The first-order valence-electron chi connectivity index (χ1n) is 8.81. The summed E-state index contributed by atoms with van der Waals surface area (Å²) in [5, 5.41) is 11.3. The molecule has 2 atom stereocenters. The smallest absolute Gasteiger partial charge is 0.414 e. The number of nitriles is 1. The summed E-state index contributed by atoms with van der Waals surface area (Å²) in [4.78, 5) is 25.7. The largest absolute Gasteiger partial charge is 0.442 e. The van der Waals surface area contributed by atoms with Crippen molar-refractivity contribution in [3.8, 4) is 6.07 Å². The molecule has 27 heavy (non-hydrogen) atoms. The number of rotatable bonds is 5. The Labute approximate surface area is 157 Å². The summed E-state index contributed by atoms with van der Waals surface area (Å²) in [7, 11) is 0. The molecular formula is C19H21FN4O3. The number of carbonyl (C=O) groups excluding carboxylic acids is 2. The first kappa shape index (κ1) is 18.7. The lowest BCUT2D eigenvalue weighted by Crippen LogP contribution is -2.36. The van der Waals surface area contributed by atoms with Crippen LogP contribution >= 0.6 is 0 Å². The number of anilines is 2. The van der Waals surface area contributed by atoms with Crippen molar-refractivity contribution in [1.82, 2.24) is 5.32 Å².